The lowest BCUT2D eigenvalue weighted by atomic mass is 9.98. The van der Waals surface area contributed by atoms with Crippen LogP contribution in [0.3, 0.4) is 0 Å². The Morgan fingerprint density at radius 3 is 2.59 bits per heavy atom. The molecule has 4 heteroatoms. The molecule has 1 fully saturated rings. The van der Waals surface area contributed by atoms with Crippen LogP contribution in [0.1, 0.15) is 19.3 Å². The number of amides is 1. The highest BCUT2D eigenvalue weighted by molar-refractivity contribution is 14.1. The number of anilines is 1. The molecule has 0 bridgehead atoms. The van der Waals surface area contributed by atoms with Gasteiger partial charge in [-0.3, -0.25) is 4.79 Å². The summed E-state index contributed by atoms with van der Waals surface area (Å²) in [6.07, 6.45) is 3.04. The van der Waals surface area contributed by atoms with E-state index >= 15 is 0 Å². The summed E-state index contributed by atoms with van der Waals surface area (Å²) in [5.74, 6) is 3.16. The SMILES string of the molecule is O=C(CC1CCSCC1)Nc1ccc(I)cc1. The quantitative estimate of drug-likeness (QED) is 0.831. The maximum atomic E-state index is 11.8. The predicted octanol–water partition coefficient (Wildman–Crippen LogP) is 3.76. The van der Waals surface area contributed by atoms with E-state index in [0.717, 1.165) is 5.69 Å². The first-order chi connectivity index (χ1) is 8.24. The van der Waals surface area contributed by atoms with Gasteiger partial charge in [0.05, 0.1) is 0 Å². The van der Waals surface area contributed by atoms with Crippen LogP contribution in [-0.4, -0.2) is 17.4 Å². The van der Waals surface area contributed by atoms with Crippen LogP contribution in [0.2, 0.25) is 0 Å². The topological polar surface area (TPSA) is 29.1 Å². The summed E-state index contributed by atoms with van der Waals surface area (Å²) in [5, 5.41) is 2.97. The van der Waals surface area contributed by atoms with Crippen LogP contribution >= 0.6 is 34.4 Å². The molecular weight excluding hydrogens is 345 g/mol. The molecule has 0 unspecified atom stereocenters. The summed E-state index contributed by atoms with van der Waals surface area (Å²) in [7, 11) is 0. The van der Waals surface area contributed by atoms with Gasteiger partial charge in [0.1, 0.15) is 0 Å². The molecule has 1 aromatic rings. The Bertz CT molecular complexity index is 374. The highest BCUT2D eigenvalue weighted by Crippen LogP contribution is 2.25. The van der Waals surface area contributed by atoms with Crippen molar-refractivity contribution in [1.82, 2.24) is 0 Å². The standard InChI is InChI=1S/C13H16INOS/c14-11-1-3-12(4-2-11)15-13(16)9-10-5-7-17-8-6-10/h1-4,10H,5-9H2,(H,15,16). The van der Waals surface area contributed by atoms with E-state index in [0.29, 0.717) is 12.3 Å². The lowest BCUT2D eigenvalue weighted by Crippen LogP contribution is -2.19. The fraction of sp³-hybridized carbons (Fsp3) is 0.462. The molecule has 17 heavy (non-hydrogen) atoms. The summed E-state index contributed by atoms with van der Waals surface area (Å²) in [6.45, 7) is 0. The number of carbonyl (C=O) groups excluding carboxylic acids is 1. The van der Waals surface area contributed by atoms with Crippen LogP contribution in [-0.2, 0) is 4.79 Å². The number of hydrogen-bond donors (Lipinski definition) is 1. The van der Waals surface area contributed by atoms with E-state index in [1.54, 1.807) is 0 Å². The third-order valence-corrected chi connectivity index (χ3v) is 4.71. The first-order valence-electron chi connectivity index (χ1n) is 5.87. The number of nitrogens with one attached hydrogen (secondary N) is 1. The van der Waals surface area contributed by atoms with E-state index in [1.165, 1.54) is 27.9 Å². The van der Waals surface area contributed by atoms with Crippen molar-refractivity contribution in [2.24, 2.45) is 5.92 Å². The summed E-state index contributed by atoms with van der Waals surface area (Å²) in [4.78, 5) is 11.8. The van der Waals surface area contributed by atoms with Crippen LogP contribution in [0.4, 0.5) is 5.69 Å². The molecule has 1 N–H and O–H groups in total. The molecule has 0 aliphatic carbocycles. The number of hydrogen-bond acceptors (Lipinski definition) is 2. The van der Waals surface area contributed by atoms with Gasteiger partial charge in [0, 0.05) is 15.7 Å². The number of benzene rings is 1. The van der Waals surface area contributed by atoms with Gasteiger partial charge in [-0.2, -0.15) is 11.8 Å². The van der Waals surface area contributed by atoms with Crippen molar-refractivity contribution in [3.63, 3.8) is 0 Å². The fourth-order valence-electron chi connectivity index (χ4n) is 1.96. The van der Waals surface area contributed by atoms with Gasteiger partial charge in [-0.1, -0.05) is 0 Å². The van der Waals surface area contributed by atoms with Crippen LogP contribution in [0, 0.1) is 9.49 Å². The fourth-order valence-corrected chi connectivity index (χ4v) is 3.52. The first kappa shape index (κ1) is 13.2. The Morgan fingerprint density at radius 2 is 1.94 bits per heavy atom. The number of thioether (sulfide) groups is 1. The molecule has 0 radical (unpaired) electrons. The number of carbonyl (C=O) groups is 1. The van der Waals surface area contributed by atoms with Crippen LogP contribution in [0.25, 0.3) is 0 Å². The molecular formula is C13H16INOS. The minimum Gasteiger partial charge on any atom is -0.326 e. The largest absolute Gasteiger partial charge is 0.326 e. The van der Waals surface area contributed by atoms with Gasteiger partial charge in [0.25, 0.3) is 0 Å². The van der Waals surface area contributed by atoms with Crippen molar-refractivity contribution in [1.29, 1.82) is 0 Å². The third-order valence-electron chi connectivity index (χ3n) is 2.94. The minimum atomic E-state index is 0.156. The van der Waals surface area contributed by atoms with E-state index in [9.17, 15) is 4.79 Å². The highest BCUT2D eigenvalue weighted by atomic mass is 127. The smallest absolute Gasteiger partial charge is 0.224 e. The summed E-state index contributed by atoms with van der Waals surface area (Å²) in [5.41, 5.74) is 0.903. The van der Waals surface area contributed by atoms with Crippen molar-refractivity contribution in [3.05, 3.63) is 27.8 Å². The zero-order valence-corrected chi connectivity index (χ0v) is 12.6. The first-order valence-corrected chi connectivity index (χ1v) is 8.10. The predicted molar refractivity (Wildman–Crippen MR) is 82.5 cm³/mol. The molecule has 1 aliphatic rings. The summed E-state index contributed by atoms with van der Waals surface area (Å²) < 4.78 is 1.19. The Balaban J connectivity index is 1.82. The molecule has 1 amide bonds. The Morgan fingerprint density at radius 1 is 1.29 bits per heavy atom. The second-order valence-electron chi connectivity index (χ2n) is 4.31. The lowest BCUT2D eigenvalue weighted by molar-refractivity contribution is -0.117. The zero-order chi connectivity index (χ0) is 12.1. The van der Waals surface area contributed by atoms with E-state index < -0.39 is 0 Å². The van der Waals surface area contributed by atoms with E-state index in [4.69, 9.17) is 0 Å². The van der Waals surface area contributed by atoms with Crippen molar-refractivity contribution >= 4 is 45.9 Å². The monoisotopic (exact) mass is 361 g/mol. The van der Waals surface area contributed by atoms with Gasteiger partial charge in [-0.15, -0.1) is 0 Å². The maximum absolute atomic E-state index is 11.8. The Hall–Kier alpha value is -0.230. The normalized spacial score (nSPS) is 16.8. The van der Waals surface area contributed by atoms with Gasteiger partial charge in [0.2, 0.25) is 5.91 Å². The molecule has 1 aromatic carbocycles. The Labute approximate surface area is 120 Å². The van der Waals surface area contributed by atoms with Crippen LogP contribution < -0.4 is 5.32 Å². The van der Waals surface area contributed by atoms with Gasteiger partial charge in [0.15, 0.2) is 0 Å². The molecule has 0 spiro atoms. The van der Waals surface area contributed by atoms with E-state index in [2.05, 4.69) is 27.9 Å². The molecule has 2 rings (SSSR count). The van der Waals surface area contributed by atoms with Crippen LogP contribution in [0.5, 0.6) is 0 Å². The molecule has 1 aliphatic heterocycles. The van der Waals surface area contributed by atoms with Crippen molar-refractivity contribution < 1.29 is 4.79 Å². The van der Waals surface area contributed by atoms with Gasteiger partial charge in [-0.25, -0.2) is 0 Å². The molecule has 2 nitrogen and oxygen atoms in total. The minimum absolute atomic E-state index is 0.156. The van der Waals surface area contributed by atoms with Gasteiger partial charge in [-0.05, 0) is 77.1 Å². The van der Waals surface area contributed by atoms with Crippen molar-refractivity contribution in [2.75, 3.05) is 16.8 Å². The second-order valence-corrected chi connectivity index (χ2v) is 6.79. The van der Waals surface area contributed by atoms with Crippen molar-refractivity contribution in [3.8, 4) is 0 Å². The molecule has 0 aromatic heterocycles. The van der Waals surface area contributed by atoms with Gasteiger partial charge < -0.3 is 5.32 Å². The third kappa shape index (κ3) is 4.50. The maximum Gasteiger partial charge on any atom is 0.224 e. The highest BCUT2D eigenvalue weighted by Gasteiger charge is 2.17. The Kier molecular flexibility index (Phi) is 5.16. The average molecular weight is 361 g/mol. The van der Waals surface area contributed by atoms with Gasteiger partial charge >= 0.3 is 0 Å². The molecule has 1 saturated heterocycles. The number of rotatable bonds is 3. The zero-order valence-electron chi connectivity index (χ0n) is 9.62. The van der Waals surface area contributed by atoms with E-state index in [-0.39, 0.29) is 5.91 Å². The average Bonchev–Trinajstić information content (AvgIpc) is 2.33. The molecule has 0 saturated carbocycles. The molecule has 92 valence electrons. The van der Waals surface area contributed by atoms with Crippen LogP contribution in [0.15, 0.2) is 24.3 Å². The number of halogens is 1. The molecule has 1 heterocycles. The summed E-state index contributed by atoms with van der Waals surface area (Å²) in [6, 6.07) is 7.92. The second kappa shape index (κ2) is 6.64. The molecule has 0 atom stereocenters. The van der Waals surface area contributed by atoms with Crippen molar-refractivity contribution in [2.45, 2.75) is 19.3 Å². The summed E-state index contributed by atoms with van der Waals surface area (Å²) >= 11 is 4.26. The lowest BCUT2D eigenvalue weighted by Gasteiger charge is -2.20. The van der Waals surface area contributed by atoms with E-state index in [1.807, 2.05) is 36.0 Å².